The summed E-state index contributed by atoms with van der Waals surface area (Å²) in [6.45, 7) is 0. The second-order valence-electron chi connectivity index (χ2n) is 2.93. The van der Waals surface area contributed by atoms with Crippen molar-refractivity contribution in [1.29, 1.82) is 0 Å². The Morgan fingerprint density at radius 3 is 2.43 bits per heavy atom. The number of nitrogens with one attached hydrogen (secondary N) is 1. The van der Waals surface area contributed by atoms with Gasteiger partial charge in [0.2, 0.25) is 0 Å². The molecule has 14 heavy (non-hydrogen) atoms. The zero-order valence-electron chi connectivity index (χ0n) is 7.47. The van der Waals surface area contributed by atoms with E-state index in [9.17, 15) is 4.79 Å². The van der Waals surface area contributed by atoms with Crippen LogP contribution in [0.25, 0.3) is 0 Å². The van der Waals surface area contributed by atoms with E-state index in [2.05, 4.69) is 3.48 Å². The van der Waals surface area contributed by atoms with Crippen molar-refractivity contribution in [2.75, 3.05) is 0 Å². The molecule has 0 aliphatic carbocycles. The fraction of sp³-hybridized carbons (Fsp3) is 0.222. The topological polar surface area (TPSA) is 69.6 Å². The molecule has 0 bridgehead atoms. The zero-order chi connectivity index (χ0) is 10.6. The summed E-state index contributed by atoms with van der Waals surface area (Å²) < 4.78 is 2.83. The van der Waals surface area contributed by atoms with Crippen LogP contribution in [-0.2, 0) is 11.2 Å². The Balaban J connectivity index is 2.67. The van der Waals surface area contributed by atoms with Gasteiger partial charge in [-0.1, -0.05) is 0 Å². The molecule has 0 saturated carbocycles. The molecule has 0 aromatic heterocycles. The van der Waals surface area contributed by atoms with Gasteiger partial charge in [-0.15, -0.1) is 0 Å². The third kappa shape index (κ3) is 3.20. The number of carbonyl (C=O) groups is 1. The Morgan fingerprint density at radius 1 is 1.43 bits per heavy atom. The van der Waals surface area contributed by atoms with Gasteiger partial charge in [0.25, 0.3) is 0 Å². The number of phenols is 1. The van der Waals surface area contributed by atoms with Crippen molar-refractivity contribution < 1.29 is 15.0 Å². The zero-order valence-corrected chi connectivity index (χ0v) is 10.8. The average molecular weight is 304 g/mol. The molecule has 4 nitrogen and oxygen atoms in total. The molecule has 0 saturated heterocycles. The molecular weight excluding hydrogens is 292 g/mol. The number of carboxylic acids is 1. The molecule has 1 atom stereocenters. The van der Waals surface area contributed by atoms with Gasteiger partial charge in [0.05, 0.1) is 0 Å². The molecule has 1 rings (SSSR count). The van der Waals surface area contributed by atoms with Crippen LogP contribution < -0.4 is 3.48 Å². The number of benzene rings is 1. The molecule has 5 heteroatoms. The molecule has 76 valence electrons. The van der Waals surface area contributed by atoms with Crippen LogP contribution in [0.5, 0.6) is 5.75 Å². The van der Waals surface area contributed by atoms with Crippen molar-refractivity contribution in [1.82, 2.24) is 3.48 Å². The van der Waals surface area contributed by atoms with Crippen LogP contribution in [0.4, 0.5) is 0 Å². The Bertz CT molecular complexity index is 312. The van der Waals surface area contributed by atoms with E-state index in [1.807, 2.05) is 0 Å². The Kier molecular flexibility index (Phi) is 4.23. The van der Waals surface area contributed by atoms with Gasteiger partial charge in [0.1, 0.15) is 0 Å². The Morgan fingerprint density at radius 2 is 2.00 bits per heavy atom. The summed E-state index contributed by atoms with van der Waals surface area (Å²) in [6, 6.07) is 6.04. The number of carboxylic acid groups (broad SMARTS) is 1. The average Bonchev–Trinajstić information content (AvgIpc) is 2.16. The summed E-state index contributed by atoms with van der Waals surface area (Å²) in [6.07, 6.45) is 0.441. The number of hydrogen-bond acceptors (Lipinski definition) is 3. The van der Waals surface area contributed by atoms with E-state index in [4.69, 9.17) is 10.2 Å². The summed E-state index contributed by atoms with van der Waals surface area (Å²) >= 11 is 0.710. The number of aliphatic carboxylic acids is 1. The molecule has 0 aliphatic rings. The van der Waals surface area contributed by atoms with Crippen LogP contribution in [-0.4, -0.2) is 45.5 Å². The van der Waals surface area contributed by atoms with Crippen LogP contribution in [0.15, 0.2) is 24.3 Å². The summed E-state index contributed by atoms with van der Waals surface area (Å²) in [5.41, 5.74) is 0.900. The van der Waals surface area contributed by atoms with Crippen LogP contribution >= 0.6 is 0 Å². The number of hydrogen-bond donors (Lipinski definition) is 3. The van der Waals surface area contributed by atoms with Gasteiger partial charge < -0.3 is 0 Å². The van der Waals surface area contributed by atoms with E-state index in [1.165, 1.54) is 0 Å². The minimum absolute atomic E-state index is 0.193. The molecule has 0 aliphatic heterocycles. The first kappa shape index (κ1) is 11.3. The molecule has 0 spiro atoms. The monoisotopic (exact) mass is 303 g/mol. The predicted octanol–water partition coefficient (Wildman–Crippen LogP) is -0.474. The van der Waals surface area contributed by atoms with E-state index in [1.54, 1.807) is 24.3 Å². The van der Waals surface area contributed by atoms with Crippen molar-refractivity contribution >= 4 is 29.3 Å². The third-order valence-electron chi connectivity index (χ3n) is 1.88. The second kappa shape index (κ2) is 5.22. The van der Waals surface area contributed by atoms with Crippen molar-refractivity contribution in [2.24, 2.45) is 0 Å². The van der Waals surface area contributed by atoms with E-state index in [0.29, 0.717) is 29.7 Å². The number of aromatic hydroxyl groups is 1. The molecule has 0 radical (unpaired) electrons. The first-order valence-electron chi connectivity index (χ1n) is 4.10. The van der Waals surface area contributed by atoms with Crippen LogP contribution in [0, 0.1) is 0 Å². The molecular formula is C9H12NO3Sb. The van der Waals surface area contributed by atoms with Gasteiger partial charge in [0.15, 0.2) is 0 Å². The van der Waals surface area contributed by atoms with Crippen LogP contribution in [0.1, 0.15) is 5.56 Å². The fourth-order valence-electron chi connectivity index (χ4n) is 1.09. The minimum atomic E-state index is -0.842. The first-order chi connectivity index (χ1) is 6.63. The summed E-state index contributed by atoms with van der Waals surface area (Å²) in [7, 11) is 0. The van der Waals surface area contributed by atoms with Gasteiger partial charge in [0, 0.05) is 0 Å². The Labute approximate surface area is 95.8 Å². The number of phenolic OH excluding ortho intramolecular Hbond substituents is 1. The SMILES string of the molecule is O=C(O)[C@H](Cc1ccc(O)cc1)[NH][SbH2]. The van der Waals surface area contributed by atoms with Gasteiger partial charge in [-0.05, 0) is 0 Å². The van der Waals surface area contributed by atoms with E-state index in [0.717, 1.165) is 5.56 Å². The van der Waals surface area contributed by atoms with Gasteiger partial charge in [-0.25, -0.2) is 0 Å². The summed E-state index contributed by atoms with van der Waals surface area (Å²) in [5, 5.41) is 17.8. The molecule has 0 unspecified atom stereocenters. The molecule has 1 aromatic rings. The predicted molar refractivity (Wildman–Crippen MR) is 54.9 cm³/mol. The maximum absolute atomic E-state index is 10.7. The van der Waals surface area contributed by atoms with Crippen molar-refractivity contribution in [3.63, 3.8) is 0 Å². The van der Waals surface area contributed by atoms with Crippen LogP contribution in [0.2, 0.25) is 0 Å². The quantitative estimate of drug-likeness (QED) is 0.658. The van der Waals surface area contributed by atoms with Gasteiger partial charge >= 0.3 is 95.8 Å². The van der Waals surface area contributed by atoms with E-state index >= 15 is 0 Å². The molecule has 3 N–H and O–H groups in total. The molecule has 0 fully saturated rings. The fourth-order valence-corrected chi connectivity index (χ4v) is 1.83. The third-order valence-corrected chi connectivity index (χ3v) is 3.02. The standard InChI is InChI=1S/C9H10NO3.Sb.2H/c10-8(9(12)13)5-6-1-3-7(11)4-2-6;;;/h1-4,8,10-11H,5H2,(H,12,13);;;/q-1;+1;;/t8-;;;/m0.../s1. The van der Waals surface area contributed by atoms with Crippen molar-refractivity contribution in [2.45, 2.75) is 12.5 Å². The van der Waals surface area contributed by atoms with Crippen molar-refractivity contribution in [3.8, 4) is 5.75 Å². The van der Waals surface area contributed by atoms with Crippen LogP contribution in [0.3, 0.4) is 0 Å². The van der Waals surface area contributed by atoms with E-state index in [-0.39, 0.29) is 5.75 Å². The summed E-state index contributed by atoms with van der Waals surface area (Å²) in [4.78, 5) is 10.7. The molecule has 0 amide bonds. The Hall–Kier alpha value is -0.732. The molecule has 1 aromatic carbocycles. The van der Waals surface area contributed by atoms with Crippen molar-refractivity contribution in [3.05, 3.63) is 29.8 Å². The maximum atomic E-state index is 10.7. The van der Waals surface area contributed by atoms with E-state index < -0.39 is 12.0 Å². The first-order valence-corrected chi connectivity index (χ1v) is 5.75. The summed E-state index contributed by atoms with van der Waals surface area (Å²) in [5.74, 6) is -0.649. The molecule has 0 heterocycles. The second-order valence-corrected chi connectivity index (χ2v) is 3.88. The van der Waals surface area contributed by atoms with Gasteiger partial charge in [-0.2, -0.15) is 0 Å². The number of rotatable bonds is 4. The van der Waals surface area contributed by atoms with Gasteiger partial charge in [-0.3, -0.25) is 0 Å². The normalized spacial score (nSPS) is 12.4.